The van der Waals surface area contributed by atoms with Gasteiger partial charge in [-0.3, -0.25) is 9.59 Å². The van der Waals surface area contributed by atoms with Crippen molar-refractivity contribution in [2.75, 3.05) is 0 Å². The molecule has 0 aromatic rings. The molecule has 0 unspecified atom stereocenters. The molecule has 1 rings (SSSR count). The third kappa shape index (κ3) is 3.48. The summed E-state index contributed by atoms with van der Waals surface area (Å²) in [7, 11) is 0. The molecular formula is C11H20N2O3. The van der Waals surface area contributed by atoms with Gasteiger partial charge in [0.1, 0.15) is 0 Å². The van der Waals surface area contributed by atoms with Crippen molar-refractivity contribution < 1.29 is 14.7 Å². The number of carbonyl (C=O) groups excluding carboxylic acids is 1. The molecule has 1 amide bonds. The molecule has 0 saturated heterocycles. The van der Waals surface area contributed by atoms with E-state index < -0.39 is 12.0 Å². The summed E-state index contributed by atoms with van der Waals surface area (Å²) in [6.07, 6.45) is 4.40. The number of carbonyl (C=O) groups is 2. The van der Waals surface area contributed by atoms with Gasteiger partial charge in [0.25, 0.3) is 0 Å². The third-order valence-electron chi connectivity index (χ3n) is 3.18. The molecule has 1 aliphatic carbocycles. The van der Waals surface area contributed by atoms with Gasteiger partial charge in [-0.15, -0.1) is 0 Å². The van der Waals surface area contributed by atoms with E-state index in [9.17, 15) is 9.59 Å². The monoisotopic (exact) mass is 228 g/mol. The molecule has 0 aromatic heterocycles. The molecule has 0 aromatic carbocycles. The highest BCUT2D eigenvalue weighted by Crippen LogP contribution is 2.33. The zero-order chi connectivity index (χ0) is 12.2. The molecule has 5 heteroatoms. The van der Waals surface area contributed by atoms with Crippen molar-refractivity contribution in [1.82, 2.24) is 5.32 Å². The van der Waals surface area contributed by atoms with Crippen LogP contribution in [0.25, 0.3) is 0 Å². The van der Waals surface area contributed by atoms with Crippen molar-refractivity contribution in [2.24, 2.45) is 5.73 Å². The van der Waals surface area contributed by atoms with Crippen molar-refractivity contribution >= 4 is 11.9 Å². The standard InChI is InChI=1S/C11H20N2O3/c1-8(12)10(16)13-11(5-2-3-6-11)7-4-9(14)15/h8H,2-7,12H2,1H3,(H,13,16)(H,14,15)/t8-/m1/s1. The smallest absolute Gasteiger partial charge is 0.303 e. The largest absolute Gasteiger partial charge is 0.481 e. The van der Waals surface area contributed by atoms with E-state index in [-0.39, 0.29) is 17.9 Å². The van der Waals surface area contributed by atoms with Crippen molar-refractivity contribution in [2.45, 2.75) is 57.0 Å². The third-order valence-corrected chi connectivity index (χ3v) is 3.18. The van der Waals surface area contributed by atoms with Crippen LogP contribution in [0.1, 0.15) is 45.4 Å². The van der Waals surface area contributed by atoms with Gasteiger partial charge in [0.05, 0.1) is 6.04 Å². The average molecular weight is 228 g/mol. The quantitative estimate of drug-likeness (QED) is 0.643. The number of carboxylic acids is 1. The number of hydrogen-bond acceptors (Lipinski definition) is 3. The lowest BCUT2D eigenvalue weighted by atomic mass is 9.91. The number of rotatable bonds is 5. The molecular weight excluding hydrogens is 208 g/mol. The number of carboxylic acid groups (broad SMARTS) is 1. The van der Waals surface area contributed by atoms with Crippen LogP contribution in [-0.2, 0) is 9.59 Å². The van der Waals surface area contributed by atoms with Crippen LogP contribution >= 0.6 is 0 Å². The average Bonchev–Trinajstić information content (AvgIpc) is 2.64. The van der Waals surface area contributed by atoms with E-state index in [1.54, 1.807) is 6.92 Å². The van der Waals surface area contributed by atoms with Crippen molar-refractivity contribution in [1.29, 1.82) is 0 Å². The molecule has 5 nitrogen and oxygen atoms in total. The first-order valence-electron chi connectivity index (χ1n) is 5.75. The Labute approximate surface area is 95.4 Å². The van der Waals surface area contributed by atoms with E-state index in [1.807, 2.05) is 0 Å². The Morgan fingerprint density at radius 2 is 2.00 bits per heavy atom. The summed E-state index contributed by atoms with van der Waals surface area (Å²) in [6, 6.07) is -0.540. The predicted molar refractivity (Wildman–Crippen MR) is 59.9 cm³/mol. The lowest BCUT2D eigenvalue weighted by molar-refractivity contribution is -0.138. The number of nitrogens with two attached hydrogens (primary N) is 1. The second kappa shape index (κ2) is 5.30. The maximum atomic E-state index is 11.6. The summed E-state index contributed by atoms with van der Waals surface area (Å²) in [4.78, 5) is 22.1. The molecule has 1 saturated carbocycles. The molecule has 16 heavy (non-hydrogen) atoms. The highest BCUT2D eigenvalue weighted by molar-refractivity contribution is 5.81. The maximum Gasteiger partial charge on any atom is 0.303 e. The lowest BCUT2D eigenvalue weighted by Gasteiger charge is -2.30. The zero-order valence-corrected chi connectivity index (χ0v) is 9.66. The van der Waals surface area contributed by atoms with Gasteiger partial charge < -0.3 is 16.2 Å². The molecule has 0 radical (unpaired) electrons. The van der Waals surface area contributed by atoms with Crippen LogP contribution in [-0.4, -0.2) is 28.6 Å². The van der Waals surface area contributed by atoms with Gasteiger partial charge in [-0.2, -0.15) is 0 Å². The fraction of sp³-hybridized carbons (Fsp3) is 0.818. The van der Waals surface area contributed by atoms with Crippen LogP contribution in [0.5, 0.6) is 0 Å². The normalized spacial score (nSPS) is 20.4. The van der Waals surface area contributed by atoms with Crippen LogP contribution in [0.4, 0.5) is 0 Å². The molecule has 0 bridgehead atoms. The van der Waals surface area contributed by atoms with Crippen molar-refractivity contribution in [3.63, 3.8) is 0 Å². The number of hydrogen-bond donors (Lipinski definition) is 3. The van der Waals surface area contributed by atoms with Gasteiger partial charge in [-0.05, 0) is 26.2 Å². The minimum absolute atomic E-state index is 0.0965. The Bertz CT molecular complexity index is 270. The molecule has 1 atom stereocenters. The van der Waals surface area contributed by atoms with Gasteiger partial charge in [-0.25, -0.2) is 0 Å². The predicted octanol–water partition coefficient (Wildman–Crippen LogP) is 0.627. The topological polar surface area (TPSA) is 92.4 Å². The zero-order valence-electron chi connectivity index (χ0n) is 9.66. The van der Waals surface area contributed by atoms with Crippen LogP contribution < -0.4 is 11.1 Å². The van der Waals surface area contributed by atoms with E-state index in [2.05, 4.69) is 5.32 Å². The molecule has 92 valence electrons. The Morgan fingerprint density at radius 3 is 2.44 bits per heavy atom. The minimum atomic E-state index is -0.818. The minimum Gasteiger partial charge on any atom is -0.481 e. The first-order chi connectivity index (χ1) is 7.45. The van der Waals surface area contributed by atoms with Crippen LogP contribution in [0.15, 0.2) is 0 Å². The van der Waals surface area contributed by atoms with Gasteiger partial charge in [0.2, 0.25) is 5.91 Å². The molecule has 4 N–H and O–H groups in total. The first-order valence-corrected chi connectivity index (χ1v) is 5.75. The van der Waals surface area contributed by atoms with Crippen molar-refractivity contribution in [3.8, 4) is 0 Å². The van der Waals surface area contributed by atoms with E-state index in [4.69, 9.17) is 10.8 Å². The van der Waals surface area contributed by atoms with Crippen molar-refractivity contribution in [3.05, 3.63) is 0 Å². The fourth-order valence-corrected chi connectivity index (χ4v) is 2.21. The fourth-order valence-electron chi connectivity index (χ4n) is 2.21. The lowest BCUT2D eigenvalue weighted by Crippen LogP contribution is -2.51. The molecule has 0 heterocycles. The highest BCUT2D eigenvalue weighted by atomic mass is 16.4. The molecule has 0 spiro atoms. The Hall–Kier alpha value is -1.10. The summed E-state index contributed by atoms with van der Waals surface area (Å²) in [6.45, 7) is 1.63. The summed E-state index contributed by atoms with van der Waals surface area (Å²) in [5, 5.41) is 11.6. The summed E-state index contributed by atoms with van der Waals surface area (Å²) < 4.78 is 0. The van der Waals surface area contributed by atoms with E-state index in [0.717, 1.165) is 25.7 Å². The van der Waals surface area contributed by atoms with Crippen LogP contribution in [0.3, 0.4) is 0 Å². The van der Waals surface area contributed by atoms with Gasteiger partial charge in [0.15, 0.2) is 0 Å². The van der Waals surface area contributed by atoms with Gasteiger partial charge in [-0.1, -0.05) is 12.8 Å². The summed E-state index contributed by atoms with van der Waals surface area (Å²) in [5.74, 6) is -1.01. The molecule has 1 fully saturated rings. The number of amides is 1. The van der Waals surface area contributed by atoms with E-state index >= 15 is 0 Å². The Balaban J connectivity index is 2.58. The molecule has 0 aliphatic heterocycles. The van der Waals surface area contributed by atoms with Gasteiger partial charge >= 0.3 is 5.97 Å². The second-order valence-electron chi connectivity index (χ2n) is 4.66. The SMILES string of the molecule is C[C@@H](N)C(=O)NC1(CCC(=O)O)CCCC1. The Kier molecular flexibility index (Phi) is 4.29. The van der Waals surface area contributed by atoms with Crippen LogP contribution in [0, 0.1) is 0 Å². The van der Waals surface area contributed by atoms with E-state index in [1.165, 1.54) is 0 Å². The maximum absolute atomic E-state index is 11.6. The van der Waals surface area contributed by atoms with E-state index in [0.29, 0.717) is 6.42 Å². The first kappa shape index (κ1) is 13.0. The van der Waals surface area contributed by atoms with Gasteiger partial charge in [0, 0.05) is 12.0 Å². The summed E-state index contributed by atoms with van der Waals surface area (Å²) in [5.41, 5.74) is 5.17. The number of aliphatic carboxylic acids is 1. The number of nitrogens with one attached hydrogen (secondary N) is 1. The van der Waals surface area contributed by atoms with Crippen LogP contribution in [0.2, 0.25) is 0 Å². The highest BCUT2D eigenvalue weighted by Gasteiger charge is 2.35. The Morgan fingerprint density at radius 1 is 1.44 bits per heavy atom. The summed E-state index contributed by atoms with van der Waals surface area (Å²) >= 11 is 0. The second-order valence-corrected chi connectivity index (χ2v) is 4.66. The molecule has 1 aliphatic rings.